The standard InChI is InChI=1S/C13H14N2O3S2/c1-8(12(16)18-3)19-13-15-14-11(20-13)9-6-4-5-7-10(9)17-2/h4-8H,1-3H3. The summed E-state index contributed by atoms with van der Waals surface area (Å²) >= 11 is 2.76. The molecule has 0 radical (unpaired) electrons. The highest BCUT2D eigenvalue weighted by Gasteiger charge is 2.18. The fourth-order valence-corrected chi connectivity index (χ4v) is 3.61. The van der Waals surface area contributed by atoms with Crippen LogP contribution < -0.4 is 4.74 Å². The fraction of sp³-hybridized carbons (Fsp3) is 0.308. The molecule has 5 nitrogen and oxygen atoms in total. The third-order valence-corrected chi connectivity index (χ3v) is 4.67. The maximum Gasteiger partial charge on any atom is 0.318 e. The van der Waals surface area contributed by atoms with Crippen LogP contribution in [0.3, 0.4) is 0 Å². The van der Waals surface area contributed by atoms with Gasteiger partial charge in [-0.15, -0.1) is 10.2 Å². The lowest BCUT2D eigenvalue weighted by atomic mass is 10.2. The number of esters is 1. The van der Waals surface area contributed by atoms with Gasteiger partial charge in [0.15, 0.2) is 9.35 Å². The second-order valence-electron chi connectivity index (χ2n) is 3.86. The largest absolute Gasteiger partial charge is 0.496 e. The second kappa shape index (κ2) is 6.71. The van der Waals surface area contributed by atoms with Crippen molar-refractivity contribution in [1.82, 2.24) is 10.2 Å². The van der Waals surface area contributed by atoms with Gasteiger partial charge in [0, 0.05) is 0 Å². The van der Waals surface area contributed by atoms with Crippen molar-refractivity contribution in [2.24, 2.45) is 0 Å². The first-order chi connectivity index (χ1) is 9.65. The number of methoxy groups -OCH3 is 2. The number of hydrogen-bond acceptors (Lipinski definition) is 7. The SMILES string of the molecule is COC(=O)C(C)Sc1nnc(-c2ccccc2OC)s1. The van der Waals surface area contributed by atoms with E-state index in [2.05, 4.69) is 14.9 Å². The third kappa shape index (κ3) is 3.29. The molecule has 1 unspecified atom stereocenters. The average Bonchev–Trinajstić information content (AvgIpc) is 2.94. The Labute approximate surface area is 125 Å². The number of carbonyl (C=O) groups is 1. The van der Waals surface area contributed by atoms with Crippen molar-refractivity contribution in [3.8, 4) is 16.3 Å². The van der Waals surface area contributed by atoms with Crippen molar-refractivity contribution in [3.05, 3.63) is 24.3 Å². The maximum atomic E-state index is 11.4. The normalized spacial score (nSPS) is 11.9. The van der Waals surface area contributed by atoms with Crippen LogP contribution in [0.4, 0.5) is 0 Å². The molecule has 0 saturated carbocycles. The highest BCUT2D eigenvalue weighted by atomic mass is 32.2. The van der Waals surface area contributed by atoms with Crippen molar-refractivity contribution in [2.45, 2.75) is 16.5 Å². The molecule has 0 saturated heterocycles. The van der Waals surface area contributed by atoms with E-state index in [1.54, 1.807) is 14.0 Å². The Kier molecular flexibility index (Phi) is 4.97. The van der Waals surface area contributed by atoms with Gasteiger partial charge >= 0.3 is 5.97 Å². The number of hydrogen-bond donors (Lipinski definition) is 0. The van der Waals surface area contributed by atoms with Crippen LogP contribution in [0.1, 0.15) is 6.92 Å². The van der Waals surface area contributed by atoms with Crippen molar-refractivity contribution in [3.63, 3.8) is 0 Å². The average molecular weight is 310 g/mol. The van der Waals surface area contributed by atoms with E-state index in [1.165, 1.54) is 30.2 Å². The molecular weight excluding hydrogens is 296 g/mol. The zero-order valence-corrected chi connectivity index (χ0v) is 13.0. The summed E-state index contributed by atoms with van der Waals surface area (Å²) < 4.78 is 10.7. The fourth-order valence-electron chi connectivity index (χ4n) is 1.55. The van der Waals surface area contributed by atoms with Gasteiger partial charge in [-0.05, 0) is 19.1 Å². The van der Waals surface area contributed by atoms with E-state index in [1.807, 2.05) is 24.3 Å². The van der Waals surface area contributed by atoms with Gasteiger partial charge in [0.1, 0.15) is 11.0 Å². The Morgan fingerprint density at radius 1 is 1.30 bits per heavy atom. The molecule has 2 rings (SSSR count). The zero-order valence-electron chi connectivity index (χ0n) is 11.3. The molecule has 106 valence electrons. The Hall–Kier alpha value is -1.60. The molecule has 0 N–H and O–H groups in total. The van der Waals surface area contributed by atoms with Gasteiger partial charge in [-0.25, -0.2) is 0 Å². The van der Waals surface area contributed by atoms with E-state index in [9.17, 15) is 4.79 Å². The van der Waals surface area contributed by atoms with Crippen molar-refractivity contribution in [2.75, 3.05) is 14.2 Å². The summed E-state index contributed by atoms with van der Waals surface area (Å²) in [7, 11) is 2.99. The number of carbonyl (C=O) groups excluding carboxylic acids is 1. The number of rotatable bonds is 5. The summed E-state index contributed by atoms with van der Waals surface area (Å²) in [6, 6.07) is 7.62. The van der Waals surface area contributed by atoms with Crippen LogP contribution in [0.15, 0.2) is 28.6 Å². The molecule has 0 bridgehead atoms. The zero-order chi connectivity index (χ0) is 14.5. The van der Waals surface area contributed by atoms with Crippen LogP contribution in [-0.2, 0) is 9.53 Å². The lowest BCUT2D eigenvalue weighted by Gasteiger charge is -2.05. The number of thioether (sulfide) groups is 1. The molecule has 1 aromatic carbocycles. The van der Waals surface area contributed by atoms with Gasteiger partial charge in [-0.3, -0.25) is 4.79 Å². The maximum absolute atomic E-state index is 11.4. The van der Waals surface area contributed by atoms with E-state index < -0.39 is 0 Å². The Balaban J connectivity index is 2.19. The highest BCUT2D eigenvalue weighted by Crippen LogP contribution is 2.35. The molecule has 0 amide bonds. The number of para-hydroxylation sites is 1. The lowest BCUT2D eigenvalue weighted by Crippen LogP contribution is -2.14. The Bertz CT molecular complexity index is 601. The van der Waals surface area contributed by atoms with Gasteiger partial charge < -0.3 is 9.47 Å². The Morgan fingerprint density at radius 2 is 2.05 bits per heavy atom. The molecule has 7 heteroatoms. The number of benzene rings is 1. The minimum absolute atomic E-state index is 0.274. The first kappa shape index (κ1) is 14.8. The van der Waals surface area contributed by atoms with Crippen LogP contribution >= 0.6 is 23.1 Å². The van der Waals surface area contributed by atoms with Gasteiger partial charge in [0.2, 0.25) is 0 Å². The van der Waals surface area contributed by atoms with E-state index in [-0.39, 0.29) is 11.2 Å². The topological polar surface area (TPSA) is 61.3 Å². The molecule has 1 aromatic heterocycles. The van der Waals surface area contributed by atoms with Crippen LogP contribution in [0.25, 0.3) is 10.6 Å². The molecule has 0 spiro atoms. The van der Waals surface area contributed by atoms with Crippen molar-refractivity contribution >= 4 is 29.1 Å². The molecular formula is C13H14N2O3S2. The van der Waals surface area contributed by atoms with E-state index in [0.29, 0.717) is 0 Å². The molecule has 0 aliphatic rings. The number of ether oxygens (including phenoxy) is 2. The summed E-state index contributed by atoms with van der Waals surface area (Å²) in [6.07, 6.45) is 0. The highest BCUT2D eigenvalue weighted by molar-refractivity contribution is 8.02. The summed E-state index contributed by atoms with van der Waals surface area (Å²) in [4.78, 5) is 11.4. The smallest absolute Gasteiger partial charge is 0.318 e. The predicted octanol–water partition coefficient (Wildman–Crippen LogP) is 2.87. The first-order valence-electron chi connectivity index (χ1n) is 5.87. The molecule has 2 aromatic rings. The van der Waals surface area contributed by atoms with Crippen LogP contribution in [0, 0.1) is 0 Å². The summed E-state index contributed by atoms with van der Waals surface area (Å²) in [5.41, 5.74) is 0.894. The monoisotopic (exact) mass is 310 g/mol. The van der Waals surface area contributed by atoms with Crippen LogP contribution in [0.2, 0.25) is 0 Å². The first-order valence-corrected chi connectivity index (χ1v) is 7.56. The van der Waals surface area contributed by atoms with Gasteiger partial charge in [0.25, 0.3) is 0 Å². The number of nitrogens with zero attached hydrogens (tertiary/aromatic N) is 2. The minimum Gasteiger partial charge on any atom is -0.496 e. The molecule has 1 atom stereocenters. The van der Waals surface area contributed by atoms with Gasteiger partial charge in [0.05, 0.1) is 19.8 Å². The molecule has 1 heterocycles. The summed E-state index contributed by atoms with van der Waals surface area (Å²) in [5.74, 6) is 0.477. The molecule has 0 aliphatic heterocycles. The quantitative estimate of drug-likeness (QED) is 0.625. The van der Waals surface area contributed by atoms with Crippen LogP contribution in [-0.4, -0.2) is 35.6 Å². The van der Waals surface area contributed by atoms with Gasteiger partial charge in [-0.2, -0.15) is 0 Å². The third-order valence-electron chi connectivity index (χ3n) is 2.55. The summed E-state index contributed by atoms with van der Waals surface area (Å²) in [6.45, 7) is 1.78. The lowest BCUT2D eigenvalue weighted by molar-refractivity contribution is -0.139. The van der Waals surface area contributed by atoms with Crippen LogP contribution in [0.5, 0.6) is 5.75 Å². The van der Waals surface area contributed by atoms with Gasteiger partial charge in [-0.1, -0.05) is 35.2 Å². The number of aromatic nitrogens is 2. The summed E-state index contributed by atoms with van der Waals surface area (Å²) in [5, 5.41) is 8.70. The Morgan fingerprint density at radius 3 is 2.75 bits per heavy atom. The minimum atomic E-state index is -0.307. The van der Waals surface area contributed by atoms with Crippen molar-refractivity contribution in [1.29, 1.82) is 0 Å². The second-order valence-corrected chi connectivity index (χ2v) is 6.42. The predicted molar refractivity (Wildman–Crippen MR) is 79.2 cm³/mol. The molecule has 0 fully saturated rings. The molecule has 0 aliphatic carbocycles. The van der Waals surface area contributed by atoms with E-state index >= 15 is 0 Å². The van der Waals surface area contributed by atoms with E-state index in [4.69, 9.17) is 4.74 Å². The van der Waals surface area contributed by atoms with E-state index in [0.717, 1.165) is 20.7 Å². The van der Waals surface area contributed by atoms with Crippen molar-refractivity contribution < 1.29 is 14.3 Å². The molecule has 20 heavy (non-hydrogen) atoms.